The molecule has 0 aromatic heterocycles. The Hall–Kier alpha value is -2.22. The Kier molecular flexibility index (Phi) is 5.72. The number of hydrogen-bond donors (Lipinski definition) is 1. The summed E-state index contributed by atoms with van der Waals surface area (Å²) in [6.07, 6.45) is 3.09. The fraction of sp³-hybridized carbons (Fsp3) is 0.409. The van der Waals surface area contributed by atoms with Crippen LogP contribution >= 0.6 is 0 Å². The molecule has 4 rings (SSSR count). The summed E-state index contributed by atoms with van der Waals surface area (Å²) in [5.41, 5.74) is 1.02. The second-order valence-corrected chi connectivity index (χ2v) is 8.57. The topological polar surface area (TPSA) is 73.9 Å². The van der Waals surface area contributed by atoms with E-state index >= 15 is 0 Å². The highest BCUT2D eigenvalue weighted by Crippen LogP contribution is 2.46. The largest absolute Gasteiger partial charge is 0.496 e. The zero-order chi connectivity index (χ0) is 20.3. The molecule has 1 N–H and O–H groups in total. The van der Waals surface area contributed by atoms with Crippen LogP contribution in [0.15, 0.2) is 54.6 Å². The molecule has 0 radical (unpaired) electrons. The van der Waals surface area contributed by atoms with Crippen molar-refractivity contribution in [2.45, 2.75) is 36.7 Å². The summed E-state index contributed by atoms with van der Waals surface area (Å²) in [4.78, 5) is 12.9. The molecule has 1 saturated heterocycles. The van der Waals surface area contributed by atoms with Gasteiger partial charge < -0.3 is 10.1 Å². The molecule has 1 heterocycles. The highest BCUT2D eigenvalue weighted by atomic mass is 32.2. The smallest absolute Gasteiger partial charge is 0.305 e. The second-order valence-electron chi connectivity index (χ2n) is 7.76. The van der Waals surface area contributed by atoms with Gasteiger partial charge in [-0.2, -0.15) is 4.21 Å². The van der Waals surface area contributed by atoms with Crippen LogP contribution in [0.1, 0.15) is 41.6 Å². The van der Waals surface area contributed by atoms with Gasteiger partial charge >= 0.3 is 11.4 Å². The average Bonchev–Trinajstić information content (AvgIpc) is 3.14. The molecular weight excluding hydrogens is 390 g/mol. The molecule has 1 amide bonds. The first-order valence-electron chi connectivity index (χ1n) is 9.77. The molecular formula is C22H25NO5S. The predicted octanol–water partition coefficient (Wildman–Crippen LogP) is 3.30. The number of para-hydroxylation sites is 1. The van der Waals surface area contributed by atoms with Gasteiger partial charge in [0, 0.05) is 12.0 Å². The van der Waals surface area contributed by atoms with E-state index in [9.17, 15) is 9.00 Å². The highest BCUT2D eigenvalue weighted by molar-refractivity contribution is 7.75. The predicted molar refractivity (Wildman–Crippen MR) is 110 cm³/mol. The van der Waals surface area contributed by atoms with Crippen LogP contribution in [0.4, 0.5) is 0 Å². The first-order chi connectivity index (χ1) is 14.1. The van der Waals surface area contributed by atoms with Crippen molar-refractivity contribution in [1.29, 1.82) is 0 Å². The van der Waals surface area contributed by atoms with Gasteiger partial charge in [-0.1, -0.05) is 42.5 Å². The Balaban J connectivity index is 1.53. The molecule has 2 fully saturated rings. The van der Waals surface area contributed by atoms with Gasteiger partial charge in [-0.3, -0.25) is 13.2 Å². The van der Waals surface area contributed by atoms with Crippen LogP contribution in [-0.4, -0.2) is 36.0 Å². The Bertz CT molecular complexity index is 893. The van der Waals surface area contributed by atoms with Crippen molar-refractivity contribution in [2.24, 2.45) is 0 Å². The molecule has 2 aliphatic rings. The molecule has 1 aliphatic heterocycles. The van der Waals surface area contributed by atoms with Gasteiger partial charge in [-0.05, 0) is 43.4 Å². The zero-order valence-electron chi connectivity index (χ0n) is 16.4. The summed E-state index contributed by atoms with van der Waals surface area (Å²) >= 11 is -1.65. The third kappa shape index (κ3) is 4.08. The second kappa shape index (κ2) is 8.26. The maximum atomic E-state index is 12.9. The van der Waals surface area contributed by atoms with E-state index in [4.69, 9.17) is 13.1 Å². The van der Waals surface area contributed by atoms with Gasteiger partial charge in [0.15, 0.2) is 0 Å². The van der Waals surface area contributed by atoms with Gasteiger partial charge in [0.2, 0.25) is 0 Å². The number of ether oxygens (including phenoxy) is 1. The molecule has 1 atom stereocenters. The Morgan fingerprint density at radius 1 is 1.07 bits per heavy atom. The molecule has 154 valence electrons. The molecule has 1 spiro atoms. The number of nitrogens with one attached hydrogen (secondary N) is 1. The van der Waals surface area contributed by atoms with Crippen LogP contribution in [0.5, 0.6) is 5.75 Å². The van der Waals surface area contributed by atoms with Crippen molar-refractivity contribution in [3.63, 3.8) is 0 Å². The minimum absolute atomic E-state index is 0.153. The first-order valence-corrected chi connectivity index (χ1v) is 10.8. The Morgan fingerprint density at radius 3 is 2.41 bits per heavy atom. The summed E-state index contributed by atoms with van der Waals surface area (Å²) in [6, 6.07) is 17.5. The summed E-state index contributed by atoms with van der Waals surface area (Å²) in [5, 5.41) is 3.12. The van der Waals surface area contributed by atoms with Gasteiger partial charge in [0.05, 0.1) is 19.3 Å². The van der Waals surface area contributed by atoms with Crippen molar-refractivity contribution < 1.29 is 22.1 Å². The molecule has 29 heavy (non-hydrogen) atoms. The fourth-order valence-corrected chi connectivity index (χ4v) is 5.16. The number of benzene rings is 2. The molecule has 6 nitrogen and oxygen atoms in total. The molecule has 2 aromatic carbocycles. The van der Waals surface area contributed by atoms with Crippen molar-refractivity contribution >= 4 is 17.3 Å². The van der Waals surface area contributed by atoms with Crippen LogP contribution in [0.25, 0.3) is 0 Å². The van der Waals surface area contributed by atoms with E-state index in [1.165, 1.54) is 5.56 Å². The summed E-state index contributed by atoms with van der Waals surface area (Å²) < 4.78 is 27.7. The van der Waals surface area contributed by atoms with Crippen molar-refractivity contribution in [2.75, 3.05) is 20.3 Å². The normalized spacial score (nSPS) is 28.9. The number of carbonyl (C=O) groups is 1. The maximum Gasteiger partial charge on any atom is 0.305 e. The van der Waals surface area contributed by atoms with Crippen LogP contribution in [0, 0.1) is 0 Å². The van der Waals surface area contributed by atoms with Gasteiger partial charge in [-0.25, -0.2) is 0 Å². The molecule has 7 heteroatoms. The quantitative estimate of drug-likeness (QED) is 0.811. The molecule has 1 saturated carbocycles. The zero-order valence-corrected chi connectivity index (χ0v) is 17.2. The molecule has 2 aromatic rings. The lowest BCUT2D eigenvalue weighted by Gasteiger charge is -2.43. The SMILES string of the molecule is COc1ccccc1C(=O)NCC1(c2ccccc2)CCC2(CC1)COS(=O)O2. The lowest BCUT2D eigenvalue weighted by molar-refractivity contribution is 0.0279. The van der Waals surface area contributed by atoms with Gasteiger partial charge in [0.25, 0.3) is 5.91 Å². The van der Waals surface area contributed by atoms with Crippen molar-refractivity contribution in [3.05, 3.63) is 65.7 Å². The average molecular weight is 416 g/mol. The van der Waals surface area contributed by atoms with E-state index in [0.29, 0.717) is 24.5 Å². The third-order valence-electron chi connectivity index (χ3n) is 6.11. The number of amides is 1. The van der Waals surface area contributed by atoms with Gasteiger partial charge in [0.1, 0.15) is 11.4 Å². The van der Waals surface area contributed by atoms with E-state index in [0.717, 1.165) is 25.7 Å². The van der Waals surface area contributed by atoms with Gasteiger partial charge in [-0.15, -0.1) is 0 Å². The number of carbonyl (C=O) groups excluding carboxylic acids is 1. The van der Waals surface area contributed by atoms with E-state index < -0.39 is 17.0 Å². The standard InChI is InChI=1S/C22H25NO5S/c1-26-19-10-6-5-9-18(19)20(24)23-15-21(17-7-3-2-4-8-17)11-13-22(14-12-21)16-27-29(25)28-22/h2-10H,11-16H2,1H3,(H,23,24). The minimum atomic E-state index is -1.65. The number of rotatable bonds is 5. The monoisotopic (exact) mass is 415 g/mol. The number of methoxy groups -OCH3 is 1. The van der Waals surface area contributed by atoms with Crippen molar-refractivity contribution in [3.8, 4) is 5.75 Å². The fourth-order valence-electron chi connectivity index (χ4n) is 4.30. The summed E-state index contributed by atoms with van der Waals surface area (Å²) in [7, 11) is 1.56. The lowest BCUT2D eigenvalue weighted by atomic mass is 9.65. The molecule has 0 bridgehead atoms. The Labute approximate surface area is 173 Å². The highest BCUT2D eigenvalue weighted by Gasteiger charge is 2.49. The van der Waals surface area contributed by atoms with Crippen LogP contribution in [-0.2, 0) is 25.1 Å². The molecule has 1 aliphatic carbocycles. The third-order valence-corrected chi connectivity index (χ3v) is 6.91. The summed E-state index contributed by atoms with van der Waals surface area (Å²) in [5.74, 6) is 0.403. The minimum Gasteiger partial charge on any atom is -0.496 e. The van der Waals surface area contributed by atoms with E-state index in [-0.39, 0.29) is 11.3 Å². The number of hydrogen-bond acceptors (Lipinski definition) is 5. The maximum absolute atomic E-state index is 12.9. The Morgan fingerprint density at radius 2 is 1.76 bits per heavy atom. The lowest BCUT2D eigenvalue weighted by Crippen LogP contribution is -2.48. The summed E-state index contributed by atoms with van der Waals surface area (Å²) in [6.45, 7) is 0.867. The van der Waals surface area contributed by atoms with E-state index in [2.05, 4.69) is 17.4 Å². The van der Waals surface area contributed by atoms with E-state index in [1.807, 2.05) is 30.3 Å². The van der Waals surface area contributed by atoms with Crippen LogP contribution in [0.2, 0.25) is 0 Å². The van der Waals surface area contributed by atoms with E-state index in [1.54, 1.807) is 19.2 Å². The van der Waals surface area contributed by atoms with Crippen LogP contribution in [0.3, 0.4) is 0 Å². The first kappa shape index (κ1) is 20.1. The van der Waals surface area contributed by atoms with Crippen molar-refractivity contribution in [1.82, 2.24) is 5.32 Å². The van der Waals surface area contributed by atoms with Crippen LogP contribution < -0.4 is 10.1 Å². The molecule has 1 unspecified atom stereocenters.